The van der Waals surface area contributed by atoms with Gasteiger partial charge in [0.25, 0.3) is 5.91 Å². The summed E-state index contributed by atoms with van der Waals surface area (Å²) in [6, 6.07) is 17.9. The van der Waals surface area contributed by atoms with E-state index in [1.54, 1.807) is 23.2 Å². The number of piperazine rings is 1. The van der Waals surface area contributed by atoms with E-state index >= 15 is 0 Å². The topological polar surface area (TPSA) is 75.4 Å². The smallest absolute Gasteiger partial charge is 0.289 e. The Bertz CT molecular complexity index is 1150. The van der Waals surface area contributed by atoms with Crippen LogP contribution in [0.25, 0.3) is 22.0 Å². The normalized spacial score (nSPS) is 14.3. The summed E-state index contributed by atoms with van der Waals surface area (Å²) in [6.45, 7) is 2.47. The number of carbonyl (C=O) groups excluding carboxylic acids is 1. The number of furan rings is 1. The van der Waals surface area contributed by atoms with Crippen molar-refractivity contribution < 1.29 is 9.21 Å². The monoisotopic (exact) mass is 385 g/mol. The number of aromatic nitrogens is 3. The van der Waals surface area contributed by atoms with E-state index in [4.69, 9.17) is 9.40 Å². The molecule has 5 rings (SSSR count). The molecule has 7 heteroatoms. The molecule has 0 aliphatic carbocycles. The zero-order chi connectivity index (χ0) is 19.6. The van der Waals surface area contributed by atoms with E-state index in [0.29, 0.717) is 37.9 Å². The SMILES string of the molecule is O=C(c1ccco1)N1CCN(c2nncc(-c3ccc4ccccc4c3)n2)CC1. The minimum absolute atomic E-state index is 0.0846. The summed E-state index contributed by atoms with van der Waals surface area (Å²) in [5.74, 6) is 0.869. The molecule has 0 bridgehead atoms. The van der Waals surface area contributed by atoms with Crippen LogP contribution in [0.15, 0.2) is 71.5 Å². The van der Waals surface area contributed by atoms with E-state index in [0.717, 1.165) is 16.6 Å². The van der Waals surface area contributed by atoms with Crippen LogP contribution in [-0.2, 0) is 0 Å². The predicted molar refractivity (Wildman–Crippen MR) is 110 cm³/mol. The fraction of sp³-hybridized carbons (Fsp3) is 0.182. The van der Waals surface area contributed by atoms with Gasteiger partial charge < -0.3 is 14.2 Å². The lowest BCUT2D eigenvalue weighted by Crippen LogP contribution is -2.49. The molecule has 0 spiro atoms. The van der Waals surface area contributed by atoms with Crippen LogP contribution in [0.4, 0.5) is 5.95 Å². The van der Waals surface area contributed by atoms with Gasteiger partial charge in [0, 0.05) is 31.7 Å². The molecule has 0 radical (unpaired) electrons. The molecule has 1 amide bonds. The first-order valence-electron chi connectivity index (χ1n) is 9.54. The van der Waals surface area contributed by atoms with Crippen molar-refractivity contribution >= 4 is 22.6 Å². The van der Waals surface area contributed by atoms with E-state index < -0.39 is 0 Å². The number of anilines is 1. The third-order valence-electron chi connectivity index (χ3n) is 5.17. The molecule has 2 aromatic carbocycles. The number of hydrogen-bond donors (Lipinski definition) is 0. The van der Waals surface area contributed by atoms with Crippen molar-refractivity contribution in [1.82, 2.24) is 20.1 Å². The fourth-order valence-electron chi connectivity index (χ4n) is 3.58. The van der Waals surface area contributed by atoms with Crippen molar-refractivity contribution in [2.24, 2.45) is 0 Å². The van der Waals surface area contributed by atoms with Gasteiger partial charge in [-0.3, -0.25) is 4.79 Å². The van der Waals surface area contributed by atoms with Gasteiger partial charge in [-0.15, -0.1) is 5.10 Å². The van der Waals surface area contributed by atoms with E-state index in [1.807, 2.05) is 12.1 Å². The van der Waals surface area contributed by atoms with Gasteiger partial charge in [0.05, 0.1) is 18.2 Å². The molecule has 4 aromatic rings. The highest BCUT2D eigenvalue weighted by Crippen LogP contribution is 2.24. The van der Waals surface area contributed by atoms with Crippen LogP contribution in [0.5, 0.6) is 0 Å². The van der Waals surface area contributed by atoms with Gasteiger partial charge in [0.15, 0.2) is 5.76 Å². The quantitative estimate of drug-likeness (QED) is 0.539. The summed E-state index contributed by atoms with van der Waals surface area (Å²) in [5, 5.41) is 10.7. The average molecular weight is 385 g/mol. The molecule has 3 heterocycles. The standard InChI is InChI=1S/C22H19N5O2/c28-21(20-6-3-13-29-20)26-9-11-27(12-10-26)22-24-19(15-23-25-22)18-8-7-16-4-1-2-5-17(16)14-18/h1-8,13-15H,9-12H2. The molecule has 1 saturated heterocycles. The van der Waals surface area contributed by atoms with Crippen molar-refractivity contribution in [2.45, 2.75) is 0 Å². The third-order valence-corrected chi connectivity index (χ3v) is 5.17. The summed E-state index contributed by atoms with van der Waals surface area (Å²) in [5.41, 5.74) is 1.79. The van der Waals surface area contributed by atoms with Crippen LogP contribution in [0, 0.1) is 0 Å². The van der Waals surface area contributed by atoms with Crippen molar-refractivity contribution in [3.05, 3.63) is 72.8 Å². The average Bonchev–Trinajstić information content (AvgIpc) is 3.33. The first-order chi connectivity index (χ1) is 14.3. The van der Waals surface area contributed by atoms with E-state index in [2.05, 4.69) is 45.4 Å². The van der Waals surface area contributed by atoms with Gasteiger partial charge in [0.1, 0.15) is 0 Å². The Morgan fingerprint density at radius 3 is 2.55 bits per heavy atom. The lowest BCUT2D eigenvalue weighted by Gasteiger charge is -2.34. The summed E-state index contributed by atoms with van der Waals surface area (Å²) in [4.78, 5) is 21.0. The Balaban J connectivity index is 1.33. The van der Waals surface area contributed by atoms with Crippen LogP contribution in [-0.4, -0.2) is 52.2 Å². The molecule has 1 fully saturated rings. The number of hydrogen-bond acceptors (Lipinski definition) is 6. The number of nitrogens with zero attached hydrogens (tertiary/aromatic N) is 5. The highest BCUT2D eigenvalue weighted by atomic mass is 16.3. The highest BCUT2D eigenvalue weighted by molar-refractivity contribution is 5.91. The predicted octanol–water partition coefficient (Wildman–Crippen LogP) is 3.25. The number of fused-ring (bicyclic) bond motifs is 1. The molecule has 1 aliphatic heterocycles. The molecule has 0 saturated carbocycles. The molecular formula is C22H19N5O2. The number of carbonyl (C=O) groups is 1. The lowest BCUT2D eigenvalue weighted by molar-refractivity contribution is 0.0714. The molecule has 0 atom stereocenters. The van der Waals surface area contributed by atoms with Gasteiger partial charge in [-0.1, -0.05) is 36.4 Å². The van der Waals surface area contributed by atoms with Crippen LogP contribution < -0.4 is 4.90 Å². The van der Waals surface area contributed by atoms with E-state index in [9.17, 15) is 4.79 Å². The maximum Gasteiger partial charge on any atom is 0.289 e. The Morgan fingerprint density at radius 1 is 0.931 bits per heavy atom. The number of benzene rings is 2. The molecule has 0 N–H and O–H groups in total. The summed E-state index contributed by atoms with van der Waals surface area (Å²) < 4.78 is 5.22. The fourth-order valence-corrected chi connectivity index (χ4v) is 3.58. The molecule has 7 nitrogen and oxygen atoms in total. The van der Waals surface area contributed by atoms with Gasteiger partial charge in [-0.2, -0.15) is 5.10 Å². The van der Waals surface area contributed by atoms with Gasteiger partial charge in [-0.05, 0) is 29.0 Å². The summed E-state index contributed by atoms with van der Waals surface area (Å²) in [7, 11) is 0. The highest BCUT2D eigenvalue weighted by Gasteiger charge is 2.25. The Labute approximate surface area is 167 Å². The molecule has 144 valence electrons. The van der Waals surface area contributed by atoms with Gasteiger partial charge >= 0.3 is 0 Å². The minimum Gasteiger partial charge on any atom is -0.459 e. The van der Waals surface area contributed by atoms with Crippen LogP contribution in [0.3, 0.4) is 0 Å². The van der Waals surface area contributed by atoms with E-state index in [1.165, 1.54) is 11.6 Å². The summed E-state index contributed by atoms with van der Waals surface area (Å²) in [6.07, 6.45) is 3.20. The van der Waals surface area contributed by atoms with Crippen LogP contribution in [0.1, 0.15) is 10.6 Å². The Hall–Kier alpha value is -3.74. The first kappa shape index (κ1) is 17.4. The third kappa shape index (κ3) is 3.42. The zero-order valence-corrected chi connectivity index (χ0v) is 15.7. The largest absolute Gasteiger partial charge is 0.459 e. The molecular weight excluding hydrogens is 366 g/mol. The zero-order valence-electron chi connectivity index (χ0n) is 15.7. The van der Waals surface area contributed by atoms with Crippen molar-refractivity contribution in [2.75, 3.05) is 31.1 Å². The van der Waals surface area contributed by atoms with Crippen LogP contribution in [0.2, 0.25) is 0 Å². The maximum atomic E-state index is 12.4. The number of amides is 1. The van der Waals surface area contributed by atoms with Crippen LogP contribution >= 0.6 is 0 Å². The van der Waals surface area contributed by atoms with Gasteiger partial charge in [0.2, 0.25) is 5.95 Å². The lowest BCUT2D eigenvalue weighted by atomic mass is 10.1. The molecule has 29 heavy (non-hydrogen) atoms. The van der Waals surface area contributed by atoms with Crippen molar-refractivity contribution in [3.8, 4) is 11.3 Å². The minimum atomic E-state index is -0.0846. The second-order valence-electron chi connectivity index (χ2n) is 6.96. The summed E-state index contributed by atoms with van der Waals surface area (Å²) >= 11 is 0. The second-order valence-corrected chi connectivity index (χ2v) is 6.96. The molecule has 2 aromatic heterocycles. The first-order valence-corrected chi connectivity index (χ1v) is 9.54. The molecule has 0 unspecified atom stereocenters. The second kappa shape index (κ2) is 7.35. The van der Waals surface area contributed by atoms with E-state index in [-0.39, 0.29) is 5.91 Å². The maximum absolute atomic E-state index is 12.4. The molecule has 1 aliphatic rings. The van der Waals surface area contributed by atoms with Crippen molar-refractivity contribution in [1.29, 1.82) is 0 Å². The Kier molecular flexibility index (Phi) is 4.40. The van der Waals surface area contributed by atoms with Crippen molar-refractivity contribution in [3.63, 3.8) is 0 Å². The Morgan fingerprint density at radius 2 is 1.76 bits per heavy atom. The van der Waals surface area contributed by atoms with Gasteiger partial charge in [-0.25, -0.2) is 4.98 Å². The number of rotatable bonds is 3.